The van der Waals surface area contributed by atoms with E-state index in [0.717, 1.165) is 65.0 Å². The summed E-state index contributed by atoms with van der Waals surface area (Å²) in [6.45, 7) is 5.54. The molecule has 5 aliphatic rings. The van der Waals surface area contributed by atoms with Gasteiger partial charge in [0.15, 0.2) is 5.13 Å². The molecule has 4 aliphatic carbocycles. The van der Waals surface area contributed by atoms with Crippen molar-refractivity contribution >= 4 is 32.6 Å². The average Bonchev–Trinajstić information content (AvgIpc) is 3.17. The lowest BCUT2D eigenvalue weighted by Crippen LogP contribution is -2.55. The molecule has 1 aromatic heterocycles. The molecule has 2 heterocycles. The van der Waals surface area contributed by atoms with Crippen LogP contribution in [0.15, 0.2) is 18.2 Å². The second-order valence-electron chi connectivity index (χ2n) is 10.3. The fourth-order valence-electron chi connectivity index (χ4n) is 7.08. The number of nitrogens with zero attached hydrogens (tertiary/aromatic N) is 2. The minimum Gasteiger partial charge on any atom is -0.378 e. The van der Waals surface area contributed by atoms with E-state index in [4.69, 9.17) is 9.72 Å². The summed E-state index contributed by atoms with van der Waals surface area (Å²) in [5.74, 6) is 2.79. The molecule has 5 nitrogen and oxygen atoms in total. The van der Waals surface area contributed by atoms with Crippen LogP contribution in [-0.2, 0) is 4.74 Å². The minimum absolute atomic E-state index is 0.0708. The van der Waals surface area contributed by atoms with Gasteiger partial charge >= 0.3 is 0 Å². The largest absolute Gasteiger partial charge is 0.378 e. The van der Waals surface area contributed by atoms with Crippen LogP contribution in [0, 0.1) is 23.2 Å². The van der Waals surface area contributed by atoms with Crippen molar-refractivity contribution in [1.82, 2.24) is 10.3 Å². The highest BCUT2D eigenvalue weighted by molar-refractivity contribution is 7.22. The second-order valence-corrected chi connectivity index (χ2v) is 11.3. The van der Waals surface area contributed by atoms with E-state index in [-0.39, 0.29) is 11.9 Å². The van der Waals surface area contributed by atoms with Crippen molar-refractivity contribution in [3.63, 3.8) is 0 Å². The van der Waals surface area contributed by atoms with Crippen LogP contribution in [0.5, 0.6) is 0 Å². The maximum atomic E-state index is 13.1. The molecule has 30 heavy (non-hydrogen) atoms. The Hall–Kier alpha value is -1.66. The Morgan fingerprint density at radius 1 is 1.17 bits per heavy atom. The highest BCUT2D eigenvalue weighted by Gasteiger charge is 2.53. The Balaban J connectivity index is 1.19. The summed E-state index contributed by atoms with van der Waals surface area (Å²) in [7, 11) is 0. The minimum atomic E-state index is 0.0708. The second kappa shape index (κ2) is 7.20. The maximum Gasteiger partial charge on any atom is 0.251 e. The molecule has 1 amide bonds. The van der Waals surface area contributed by atoms with Crippen molar-refractivity contribution in [2.24, 2.45) is 23.2 Å². The Bertz CT molecular complexity index is 929. The van der Waals surface area contributed by atoms with Crippen LogP contribution in [0.2, 0.25) is 0 Å². The molecule has 6 heteroatoms. The molecule has 160 valence electrons. The smallest absolute Gasteiger partial charge is 0.251 e. The molecule has 1 aromatic carbocycles. The fraction of sp³-hybridized carbons (Fsp3) is 0.667. The molecule has 0 radical (unpaired) electrons. The van der Waals surface area contributed by atoms with Crippen LogP contribution >= 0.6 is 11.3 Å². The number of hydrogen-bond acceptors (Lipinski definition) is 5. The van der Waals surface area contributed by atoms with Gasteiger partial charge in [0.1, 0.15) is 0 Å². The molecule has 0 spiro atoms. The molecule has 7 rings (SSSR count). The Morgan fingerprint density at radius 3 is 2.50 bits per heavy atom. The number of amides is 1. The quantitative estimate of drug-likeness (QED) is 0.785. The van der Waals surface area contributed by atoms with E-state index < -0.39 is 0 Å². The standard InChI is InChI=1S/C24H31N3O2S/c1-15(24-12-16-8-17(13-24)10-18(9-16)14-24)25-22(28)19-2-3-20-21(11-19)30-23(26-20)27-4-6-29-7-5-27/h2-3,11,15-18H,4-10,12-14H2,1H3,(H,25,28). The number of nitrogens with one attached hydrogen (secondary N) is 1. The van der Waals surface area contributed by atoms with E-state index in [1.807, 2.05) is 18.2 Å². The van der Waals surface area contributed by atoms with Crippen molar-refractivity contribution in [3.8, 4) is 0 Å². The molecule has 1 unspecified atom stereocenters. The molecule has 1 saturated heterocycles. The van der Waals surface area contributed by atoms with E-state index in [1.54, 1.807) is 11.3 Å². The van der Waals surface area contributed by atoms with E-state index in [1.165, 1.54) is 38.5 Å². The van der Waals surface area contributed by atoms with Crippen molar-refractivity contribution < 1.29 is 9.53 Å². The van der Waals surface area contributed by atoms with Crippen molar-refractivity contribution in [2.75, 3.05) is 31.2 Å². The highest BCUT2D eigenvalue weighted by Crippen LogP contribution is 2.61. The molecule has 5 fully saturated rings. The third kappa shape index (κ3) is 3.23. The molecule has 1 aliphatic heterocycles. The number of aromatic nitrogens is 1. The first-order valence-electron chi connectivity index (χ1n) is 11.6. The van der Waals surface area contributed by atoms with Crippen LogP contribution in [-0.4, -0.2) is 43.2 Å². The monoisotopic (exact) mass is 425 g/mol. The summed E-state index contributed by atoms with van der Waals surface area (Å²) in [4.78, 5) is 20.2. The van der Waals surface area contributed by atoms with Crippen molar-refractivity contribution in [3.05, 3.63) is 23.8 Å². The third-order valence-corrected chi connectivity index (χ3v) is 9.35. The van der Waals surface area contributed by atoms with Gasteiger partial charge in [-0.2, -0.15) is 0 Å². The molecule has 4 bridgehead atoms. The molecule has 2 aromatic rings. The van der Waals surface area contributed by atoms with Gasteiger partial charge in [-0.15, -0.1) is 0 Å². The normalized spacial score (nSPS) is 33.8. The van der Waals surface area contributed by atoms with Gasteiger partial charge < -0.3 is 15.0 Å². The SMILES string of the molecule is CC(NC(=O)c1ccc2nc(N3CCOCC3)sc2c1)C12CC3CC(CC(C3)C1)C2. The Kier molecular flexibility index (Phi) is 4.57. The number of benzene rings is 1. The van der Waals surface area contributed by atoms with Crippen LogP contribution < -0.4 is 10.2 Å². The predicted octanol–water partition coefficient (Wildman–Crippen LogP) is 4.47. The fourth-order valence-corrected chi connectivity index (χ4v) is 8.14. The lowest BCUT2D eigenvalue weighted by atomic mass is 9.48. The molecular weight excluding hydrogens is 394 g/mol. The third-order valence-electron chi connectivity index (χ3n) is 8.27. The number of hydrogen-bond donors (Lipinski definition) is 1. The summed E-state index contributed by atoms with van der Waals surface area (Å²) < 4.78 is 6.54. The topological polar surface area (TPSA) is 54.5 Å². The van der Waals surface area contributed by atoms with Crippen molar-refractivity contribution in [1.29, 1.82) is 0 Å². The molecule has 1 atom stereocenters. The van der Waals surface area contributed by atoms with Gasteiger partial charge in [-0.1, -0.05) is 11.3 Å². The number of thiazole rings is 1. The van der Waals surface area contributed by atoms with Crippen LogP contribution in [0.1, 0.15) is 55.8 Å². The van der Waals surface area contributed by atoms with Gasteiger partial charge in [-0.05, 0) is 86.8 Å². The lowest BCUT2D eigenvalue weighted by Gasteiger charge is -2.59. The summed E-state index contributed by atoms with van der Waals surface area (Å²) in [5.41, 5.74) is 2.08. The number of fused-ring (bicyclic) bond motifs is 1. The molecular formula is C24H31N3O2S. The van der Waals surface area contributed by atoms with Gasteiger partial charge in [0.2, 0.25) is 0 Å². The van der Waals surface area contributed by atoms with Crippen LogP contribution in [0.3, 0.4) is 0 Å². The zero-order chi connectivity index (χ0) is 20.3. The van der Waals surface area contributed by atoms with E-state index >= 15 is 0 Å². The first-order chi connectivity index (χ1) is 14.6. The Morgan fingerprint density at radius 2 is 1.83 bits per heavy atom. The van der Waals surface area contributed by atoms with Gasteiger partial charge in [-0.3, -0.25) is 4.79 Å². The Labute approximate surface area is 182 Å². The summed E-state index contributed by atoms with van der Waals surface area (Å²) in [6.07, 6.45) is 8.26. The maximum absolute atomic E-state index is 13.1. The van der Waals surface area contributed by atoms with Crippen LogP contribution in [0.25, 0.3) is 10.2 Å². The summed E-state index contributed by atoms with van der Waals surface area (Å²) in [6, 6.07) is 6.21. The molecule has 1 N–H and O–H groups in total. The average molecular weight is 426 g/mol. The number of carbonyl (C=O) groups excluding carboxylic acids is 1. The van der Waals surface area contributed by atoms with Gasteiger partial charge in [-0.25, -0.2) is 4.98 Å². The van der Waals surface area contributed by atoms with E-state index in [2.05, 4.69) is 17.1 Å². The predicted molar refractivity (Wildman–Crippen MR) is 120 cm³/mol. The van der Waals surface area contributed by atoms with E-state index in [9.17, 15) is 4.79 Å². The van der Waals surface area contributed by atoms with Crippen LogP contribution in [0.4, 0.5) is 5.13 Å². The first kappa shape index (κ1) is 19.1. The number of anilines is 1. The van der Waals surface area contributed by atoms with Gasteiger partial charge in [0.05, 0.1) is 23.4 Å². The summed E-state index contributed by atoms with van der Waals surface area (Å²) >= 11 is 1.68. The number of ether oxygens (including phenoxy) is 1. The zero-order valence-electron chi connectivity index (χ0n) is 17.7. The number of rotatable bonds is 4. The zero-order valence-corrected chi connectivity index (χ0v) is 18.5. The summed E-state index contributed by atoms with van der Waals surface area (Å²) in [5, 5.41) is 4.44. The van der Waals surface area contributed by atoms with Gasteiger partial charge in [0, 0.05) is 24.7 Å². The van der Waals surface area contributed by atoms with Gasteiger partial charge in [0.25, 0.3) is 5.91 Å². The molecule has 4 saturated carbocycles. The highest BCUT2D eigenvalue weighted by atomic mass is 32.1. The van der Waals surface area contributed by atoms with E-state index in [0.29, 0.717) is 5.41 Å². The van der Waals surface area contributed by atoms with Crippen molar-refractivity contribution in [2.45, 2.75) is 51.5 Å². The lowest BCUT2D eigenvalue weighted by molar-refractivity contribution is -0.0688. The number of carbonyl (C=O) groups is 1. The number of morpholine rings is 1. The first-order valence-corrected chi connectivity index (χ1v) is 12.4.